The smallest absolute Gasteiger partial charge is 0.193 e. The van der Waals surface area contributed by atoms with E-state index in [1.165, 1.54) is 6.26 Å². The number of aliphatic hydroxyl groups is 2. The summed E-state index contributed by atoms with van der Waals surface area (Å²) in [6, 6.07) is 0. The Morgan fingerprint density at radius 1 is 1.35 bits per heavy atom. The molecule has 0 fully saturated rings. The lowest BCUT2D eigenvalue weighted by Crippen LogP contribution is -2.51. The predicted octanol–water partition coefficient (Wildman–Crippen LogP) is 1.64. The maximum atomic E-state index is 10.0. The van der Waals surface area contributed by atoms with Gasteiger partial charge < -0.3 is 19.4 Å². The Kier molecular flexibility index (Phi) is 4.41. The lowest BCUT2D eigenvalue weighted by atomic mass is 10.1. The Balaban J connectivity index is 2.75. The molecule has 1 aliphatic rings. The third-order valence-electron chi connectivity index (χ3n) is 3.66. The zero-order valence-electron chi connectivity index (χ0n) is 11.3. The van der Waals surface area contributed by atoms with Crippen molar-refractivity contribution in [2.24, 2.45) is 0 Å². The van der Waals surface area contributed by atoms with Gasteiger partial charge in [-0.25, -0.2) is 0 Å². The molecule has 3 unspecified atom stereocenters. The molecule has 2 N–H and O–H groups in total. The molecule has 0 aromatic heterocycles. The normalized spacial score (nSPS) is 30.2. The topological polar surface area (TPSA) is 58.9 Å². The standard InChI is InChI=1S/C12H24O4Si/c1-12(2,3)17(4,5)16-9-6-7-15-10(8-13)11(9)14/h6-7,9-11,13-14H,8H2,1-5H3. The molecule has 1 rings (SSSR count). The summed E-state index contributed by atoms with van der Waals surface area (Å²) in [5.74, 6) is 0. The maximum absolute atomic E-state index is 10.0. The fraction of sp³-hybridized carbons (Fsp3) is 0.833. The molecule has 0 spiro atoms. The van der Waals surface area contributed by atoms with Gasteiger partial charge in [0.25, 0.3) is 0 Å². The molecule has 0 aliphatic carbocycles. The second-order valence-electron chi connectivity index (χ2n) is 6.02. The molecule has 3 atom stereocenters. The van der Waals surface area contributed by atoms with Gasteiger partial charge in [0.2, 0.25) is 0 Å². The summed E-state index contributed by atoms with van der Waals surface area (Å²) in [6.45, 7) is 10.5. The maximum Gasteiger partial charge on any atom is 0.193 e. The molecule has 0 aromatic carbocycles. The quantitative estimate of drug-likeness (QED) is 0.757. The Morgan fingerprint density at radius 2 is 1.94 bits per heavy atom. The van der Waals surface area contributed by atoms with Crippen LogP contribution in [-0.2, 0) is 9.16 Å². The van der Waals surface area contributed by atoms with E-state index in [1.807, 2.05) is 0 Å². The molecule has 0 saturated carbocycles. The van der Waals surface area contributed by atoms with Crippen molar-refractivity contribution in [3.63, 3.8) is 0 Å². The molecule has 0 aromatic rings. The molecule has 0 bridgehead atoms. The molecule has 5 heteroatoms. The Labute approximate surface area is 104 Å². The van der Waals surface area contributed by atoms with Crippen molar-refractivity contribution in [3.8, 4) is 0 Å². The van der Waals surface area contributed by atoms with Crippen molar-refractivity contribution >= 4 is 8.32 Å². The van der Waals surface area contributed by atoms with Gasteiger partial charge in [-0.1, -0.05) is 20.8 Å². The summed E-state index contributed by atoms with van der Waals surface area (Å²) in [5, 5.41) is 19.2. The van der Waals surface area contributed by atoms with E-state index in [0.29, 0.717) is 0 Å². The van der Waals surface area contributed by atoms with Gasteiger partial charge in [0.1, 0.15) is 12.2 Å². The van der Waals surface area contributed by atoms with E-state index in [1.54, 1.807) is 6.08 Å². The van der Waals surface area contributed by atoms with Crippen LogP contribution in [0.1, 0.15) is 20.8 Å². The van der Waals surface area contributed by atoms with E-state index in [2.05, 4.69) is 33.9 Å². The Morgan fingerprint density at radius 3 is 2.41 bits per heavy atom. The highest BCUT2D eigenvalue weighted by atomic mass is 28.4. The first-order valence-electron chi connectivity index (χ1n) is 5.98. The summed E-state index contributed by atoms with van der Waals surface area (Å²) in [5.41, 5.74) is 0. The second-order valence-corrected chi connectivity index (χ2v) is 10.8. The van der Waals surface area contributed by atoms with Crippen molar-refractivity contribution < 1.29 is 19.4 Å². The van der Waals surface area contributed by atoms with Crippen molar-refractivity contribution in [3.05, 3.63) is 12.3 Å². The molecular formula is C12H24O4Si. The van der Waals surface area contributed by atoms with E-state index in [-0.39, 0.29) is 17.7 Å². The first kappa shape index (κ1) is 14.7. The van der Waals surface area contributed by atoms with Crippen LogP contribution in [0.3, 0.4) is 0 Å². The van der Waals surface area contributed by atoms with Gasteiger partial charge in [0.05, 0.1) is 19.0 Å². The van der Waals surface area contributed by atoms with Crippen LogP contribution in [0.15, 0.2) is 12.3 Å². The number of rotatable bonds is 3. The van der Waals surface area contributed by atoms with Crippen LogP contribution in [0.2, 0.25) is 18.1 Å². The minimum absolute atomic E-state index is 0.0908. The first-order chi connectivity index (χ1) is 7.69. The Hall–Kier alpha value is -0.363. The lowest BCUT2D eigenvalue weighted by molar-refractivity contribution is -0.0770. The SMILES string of the molecule is CC(C)(C)[Si](C)(C)OC1C=COC(CO)C1O. The van der Waals surface area contributed by atoms with E-state index >= 15 is 0 Å². The van der Waals surface area contributed by atoms with E-state index in [0.717, 1.165) is 0 Å². The van der Waals surface area contributed by atoms with Crippen LogP contribution >= 0.6 is 0 Å². The minimum Gasteiger partial charge on any atom is -0.493 e. The zero-order chi connectivity index (χ0) is 13.3. The van der Waals surface area contributed by atoms with Gasteiger partial charge in [0.15, 0.2) is 8.32 Å². The van der Waals surface area contributed by atoms with Gasteiger partial charge in [-0.15, -0.1) is 0 Å². The van der Waals surface area contributed by atoms with Crippen molar-refractivity contribution in [2.45, 2.75) is 57.2 Å². The summed E-state index contributed by atoms with van der Waals surface area (Å²) in [6.07, 6.45) is 1.44. The number of hydrogen-bond acceptors (Lipinski definition) is 4. The van der Waals surface area contributed by atoms with Crippen LogP contribution in [0, 0.1) is 0 Å². The Bertz CT molecular complexity index is 283. The van der Waals surface area contributed by atoms with E-state index in [9.17, 15) is 5.11 Å². The number of hydrogen-bond donors (Lipinski definition) is 2. The van der Waals surface area contributed by atoms with Gasteiger partial charge in [-0.05, 0) is 24.2 Å². The summed E-state index contributed by atoms with van der Waals surface area (Å²) >= 11 is 0. The molecule has 1 heterocycles. The molecule has 1 aliphatic heterocycles. The third kappa shape index (κ3) is 3.31. The lowest BCUT2D eigenvalue weighted by Gasteiger charge is -2.41. The molecule has 17 heavy (non-hydrogen) atoms. The van der Waals surface area contributed by atoms with Crippen LogP contribution in [-0.4, -0.2) is 43.4 Å². The highest BCUT2D eigenvalue weighted by Crippen LogP contribution is 2.38. The first-order valence-corrected chi connectivity index (χ1v) is 8.89. The highest BCUT2D eigenvalue weighted by molar-refractivity contribution is 6.74. The van der Waals surface area contributed by atoms with Crippen LogP contribution in [0.5, 0.6) is 0 Å². The number of ether oxygens (including phenoxy) is 1. The minimum atomic E-state index is -1.92. The fourth-order valence-corrected chi connectivity index (χ4v) is 2.66. The van der Waals surface area contributed by atoms with Crippen LogP contribution < -0.4 is 0 Å². The summed E-state index contributed by atoms with van der Waals surface area (Å²) in [7, 11) is -1.92. The zero-order valence-corrected chi connectivity index (χ0v) is 12.3. The van der Waals surface area contributed by atoms with Gasteiger partial charge in [-0.2, -0.15) is 0 Å². The highest BCUT2D eigenvalue weighted by Gasteiger charge is 2.42. The van der Waals surface area contributed by atoms with Gasteiger partial charge in [0, 0.05) is 0 Å². The van der Waals surface area contributed by atoms with Gasteiger partial charge in [-0.3, -0.25) is 0 Å². The molecule has 100 valence electrons. The third-order valence-corrected chi connectivity index (χ3v) is 8.13. The molecule has 4 nitrogen and oxygen atoms in total. The van der Waals surface area contributed by atoms with Crippen molar-refractivity contribution in [1.29, 1.82) is 0 Å². The monoisotopic (exact) mass is 260 g/mol. The van der Waals surface area contributed by atoms with E-state index in [4.69, 9.17) is 14.3 Å². The predicted molar refractivity (Wildman–Crippen MR) is 69.2 cm³/mol. The molecule has 0 radical (unpaired) electrons. The number of aliphatic hydroxyl groups excluding tert-OH is 2. The largest absolute Gasteiger partial charge is 0.493 e. The van der Waals surface area contributed by atoms with Gasteiger partial charge >= 0.3 is 0 Å². The van der Waals surface area contributed by atoms with Crippen LogP contribution in [0.4, 0.5) is 0 Å². The van der Waals surface area contributed by atoms with E-state index < -0.39 is 20.5 Å². The molecule has 0 amide bonds. The average Bonchev–Trinajstić information content (AvgIpc) is 2.19. The molecular weight excluding hydrogens is 236 g/mol. The van der Waals surface area contributed by atoms with Crippen molar-refractivity contribution in [1.82, 2.24) is 0 Å². The molecule has 0 saturated heterocycles. The average molecular weight is 260 g/mol. The van der Waals surface area contributed by atoms with Crippen molar-refractivity contribution in [2.75, 3.05) is 6.61 Å². The fourth-order valence-electron chi connectivity index (χ4n) is 1.41. The summed E-state index contributed by atoms with van der Waals surface area (Å²) in [4.78, 5) is 0. The second kappa shape index (κ2) is 5.10. The summed E-state index contributed by atoms with van der Waals surface area (Å²) < 4.78 is 11.2. The van der Waals surface area contributed by atoms with Crippen LogP contribution in [0.25, 0.3) is 0 Å².